The van der Waals surface area contributed by atoms with E-state index in [2.05, 4.69) is 135 Å². The Hall–Kier alpha value is -4.57. The number of unbranched alkanes of at least 4 members (excludes halogenated alkanes) is 7. The van der Waals surface area contributed by atoms with Crippen molar-refractivity contribution in [3.05, 3.63) is 134 Å². The van der Waals surface area contributed by atoms with Crippen LogP contribution in [0.25, 0.3) is 0 Å². The van der Waals surface area contributed by atoms with Gasteiger partial charge >= 0.3 is 17.9 Å². The van der Waals surface area contributed by atoms with Crippen LogP contribution in [0, 0.1) is 0 Å². The van der Waals surface area contributed by atoms with Crippen molar-refractivity contribution in [2.75, 3.05) is 47.5 Å². The first-order valence-electron chi connectivity index (χ1n) is 25.3. The van der Waals surface area contributed by atoms with Crippen LogP contribution < -0.4 is 0 Å². The highest BCUT2D eigenvalue weighted by Crippen LogP contribution is 2.12. The number of rotatable bonds is 44. The summed E-state index contributed by atoms with van der Waals surface area (Å²) < 4.78 is 22.7. The molecule has 0 aliphatic rings. The van der Waals surface area contributed by atoms with E-state index in [9.17, 15) is 19.5 Å². The molecule has 0 saturated carbocycles. The summed E-state index contributed by atoms with van der Waals surface area (Å²) in [5.41, 5.74) is 0. The number of carboxylic acid groups (broad SMARTS) is 1. The second-order valence-electron chi connectivity index (χ2n) is 17.4. The average Bonchev–Trinajstić information content (AvgIpc) is 3.29. The fraction of sp³-hybridized carbons (Fsp3) is 0.569. The van der Waals surface area contributed by atoms with Crippen molar-refractivity contribution in [2.24, 2.45) is 0 Å². The van der Waals surface area contributed by atoms with E-state index >= 15 is 0 Å². The Bertz CT molecular complexity index is 1550. The van der Waals surface area contributed by atoms with Gasteiger partial charge in [0.25, 0.3) is 6.29 Å². The Balaban J connectivity index is 4.39. The van der Waals surface area contributed by atoms with Crippen LogP contribution in [-0.2, 0) is 33.3 Å². The highest BCUT2D eigenvalue weighted by molar-refractivity contribution is 5.71. The second kappa shape index (κ2) is 47.9. The summed E-state index contributed by atoms with van der Waals surface area (Å²) in [4.78, 5) is 37.2. The number of esters is 2. The van der Waals surface area contributed by atoms with Gasteiger partial charge < -0.3 is 28.5 Å². The zero-order valence-electron chi connectivity index (χ0n) is 42.5. The number of nitrogens with zero attached hydrogens (tertiary/aromatic N) is 1. The lowest BCUT2D eigenvalue weighted by molar-refractivity contribution is -0.870. The first kappa shape index (κ1) is 62.4. The Morgan fingerprint density at radius 2 is 0.836 bits per heavy atom. The Morgan fingerprint density at radius 1 is 0.448 bits per heavy atom. The fourth-order valence-corrected chi connectivity index (χ4v) is 6.06. The van der Waals surface area contributed by atoms with Crippen molar-refractivity contribution >= 4 is 17.9 Å². The second-order valence-corrected chi connectivity index (χ2v) is 17.4. The van der Waals surface area contributed by atoms with Crippen molar-refractivity contribution in [1.29, 1.82) is 0 Å². The van der Waals surface area contributed by atoms with E-state index in [1.165, 1.54) is 19.3 Å². The molecule has 9 nitrogen and oxygen atoms in total. The van der Waals surface area contributed by atoms with Gasteiger partial charge in [0.2, 0.25) is 0 Å². The van der Waals surface area contributed by atoms with Crippen LogP contribution in [0.1, 0.15) is 155 Å². The van der Waals surface area contributed by atoms with Crippen molar-refractivity contribution in [3.63, 3.8) is 0 Å². The van der Waals surface area contributed by atoms with E-state index in [0.717, 1.165) is 96.3 Å². The molecule has 0 rings (SSSR count). The quantitative estimate of drug-likeness (QED) is 0.0212. The highest BCUT2D eigenvalue weighted by Gasteiger charge is 2.25. The number of hydrogen-bond acceptors (Lipinski definition) is 7. The summed E-state index contributed by atoms with van der Waals surface area (Å²) >= 11 is 0. The Kier molecular flexibility index (Phi) is 44.6. The van der Waals surface area contributed by atoms with Crippen LogP contribution in [0.15, 0.2) is 134 Å². The van der Waals surface area contributed by atoms with E-state index < -0.39 is 30.3 Å². The van der Waals surface area contributed by atoms with E-state index in [1.807, 2.05) is 33.3 Å². The van der Waals surface area contributed by atoms with Crippen LogP contribution in [0.2, 0.25) is 0 Å². The number of hydrogen-bond donors (Lipinski definition) is 1. The molecule has 2 atom stereocenters. The largest absolute Gasteiger partial charge is 0.477 e. The van der Waals surface area contributed by atoms with Crippen molar-refractivity contribution in [3.8, 4) is 0 Å². The molecular weight excluding hydrogens is 839 g/mol. The number of quaternary nitrogens is 1. The number of likely N-dealkylation sites (N-methyl/N-ethyl adjacent to an activating group) is 1. The van der Waals surface area contributed by atoms with Gasteiger partial charge in [-0.3, -0.25) is 9.59 Å². The summed E-state index contributed by atoms with van der Waals surface area (Å²) in [7, 11) is 5.92. The molecular formula is C58H92NO8+. The molecule has 0 spiro atoms. The Labute approximate surface area is 408 Å². The van der Waals surface area contributed by atoms with Crippen molar-refractivity contribution in [1.82, 2.24) is 0 Å². The molecule has 0 fully saturated rings. The number of carboxylic acids is 1. The molecule has 0 aromatic carbocycles. The maximum Gasteiger partial charge on any atom is 0.361 e. The summed E-state index contributed by atoms with van der Waals surface area (Å²) in [6.45, 7) is 4.50. The fourth-order valence-electron chi connectivity index (χ4n) is 6.06. The lowest BCUT2D eigenvalue weighted by atomic mass is 10.1. The first-order chi connectivity index (χ1) is 32.6. The molecule has 376 valence electrons. The van der Waals surface area contributed by atoms with E-state index in [4.69, 9.17) is 18.9 Å². The van der Waals surface area contributed by atoms with Crippen molar-refractivity contribution < 1.29 is 42.9 Å². The Morgan fingerprint density at radius 3 is 1.25 bits per heavy atom. The van der Waals surface area contributed by atoms with Gasteiger partial charge in [0.05, 0.1) is 34.4 Å². The number of carbonyl (C=O) groups is 3. The molecule has 1 N–H and O–H groups in total. The number of ether oxygens (including phenoxy) is 4. The summed E-state index contributed by atoms with van der Waals surface area (Å²) in [5.74, 6) is -2.15. The minimum Gasteiger partial charge on any atom is -0.477 e. The third-order valence-electron chi connectivity index (χ3n) is 9.92. The first-order valence-corrected chi connectivity index (χ1v) is 25.3. The smallest absolute Gasteiger partial charge is 0.361 e. The van der Waals surface area contributed by atoms with Crippen LogP contribution in [0.5, 0.6) is 0 Å². The molecule has 0 aliphatic heterocycles. The minimum atomic E-state index is -1.54. The monoisotopic (exact) mass is 931 g/mol. The third kappa shape index (κ3) is 49.2. The predicted octanol–water partition coefficient (Wildman–Crippen LogP) is 14.3. The third-order valence-corrected chi connectivity index (χ3v) is 9.92. The topological polar surface area (TPSA) is 108 Å². The summed E-state index contributed by atoms with van der Waals surface area (Å²) in [6.07, 6.45) is 65.4. The highest BCUT2D eigenvalue weighted by atomic mass is 16.7. The molecule has 0 heterocycles. The maximum atomic E-state index is 12.8. The van der Waals surface area contributed by atoms with Crippen LogP contribution in [0.3, 0.4) is 0 Å². The molecule has 0 aliphatic carbocycles. The maximum absolute atomic E-state index is 12.8. The lowest BCUT2D eigenvalue weighted by Gasteiger charge is -2.25. The molecule has 2 unspecified atom stereocenters. The van der Waals surface area contributed by atoms with Gasteiger partial charge in [-0.2, -0.15) is 0 Å². The molecule has 0 aromatic heterocycles. The molecule has 0 amide bonds. The average molecular weight is 931 g/mol. The summed E-state index contributed by atoms with van der Waals surface area (Å²) in [5, 5.41) is 9.65. The molecule has 0 aromatic rings. The molecule has 0 saturated heterocycles. The van der Waals surface area contributed by atoms with Gasteiger partial charge in [-0.1, -0.05) is 180 Å². The van der Waals surface area contributed by atoms with Gasteiger partial charge in [-0.15, -0.1) is 0 Å². The summed E-state index contributed by atoms with van der Waals surface area (Å²) in [6, 6.07) is 0. The number of allylic oxidation sites excluding steroid dienone is 22. The normalized spacial score (nSPS) is 14.0. The van der Waals surface area contributed by atoms with E-state index in [1.54, 1.807) is 0 Å². The predicted molar refractivity (Wildman–Crippen MR) is 281 cm³/mol. The van der Waals surface area contributed by atoms with Gasteiger partial charge in [-0.25, -0.2) is 4.79 Å². The molecule has 0 radical (unpaired) electrons. The lowest BCUT2D eigenvalue weighted by Crippen LogP contribution is -2.40. The van der Waals surface area contributed by atoms with Crippen LogP contribution in [0.4, 0.5) is 0 Å². The standard InChI is InChI=1S/C58H91NO8/c1-6-8-10-12-14-16-18-20-21-22-23-24-25-26-27-28-29-30-31-32-33-34-35-37-39-41-43-45-47-49-56(61)67-54(53-66-58(57(62)63)64-51-50-59(3,4)5)52-65-55(60)48-46-44-42-40-38-36-19-17-15-13-11-9-7-2/h8-11,14-17,20-21,23-24,26-27,29-30,32-33,36,38,42,44,54,58H,6-7,12-13,18-19,22,25,28,31,34-35,37,39-41,43,45-53H2,1-5H3/p+1/b10-8-,11-9-,16-14-,17-15-,21-20-,24-23-,27-26-,30-29-,33-32-,38-36-,44-42-. The van der Waals surface area contributed by atoms with Crippen molar-refractivity contribution in [2.45, 2.75) is 167 Å². The number of aliphatic carboxylic acids is 1. The zero-order valence-corrected chi connectivity index (χ0v) is 42.5. The molecule has 9 heteroatoms. The van der Waals surface area contributed by atoms with E-state index in [-0.39, 0.29) is 32.7 Å². The minimum absolute atomic E-state index is 0.167. The van der Waals surface area contributed by atoms with E-state index in [0.29, 0.717) is 23.9 Å². The molecule has 67 heavy (non-hydrogen) atoms. The molecule has 0 bridgehead atoms. The SMILES string of the molecule is CC/C=C\C/C=C\C/C=C\C/C=C\C/C=C\C/C=C\C/C=C\CCCCCCCCCC(=O)OC(COC(=O)CC/C=C\C/C=C\C/C=C\C/C=C\CC)COC(OCC[N+](C)(C)C)C(=O)O. The van der Waals surface area contributed by atoms with Crippen LogP contribution in [-0.4, -0.2) is 87.4 Å². The zero-order chi connectivity index (χ0) is 49.2. The van der Waals surface area contributed by atoms with Gasteiger partial charge in [0, 0.05) is 12.8 Å². The number of carbonyl (C=O) groups excluding carboxylic acids is 2. The van der Waals surface area contributed by atoms with Gasteiger partial charge in [0.15, 0.2) is 6.10 Å². The van der Waals surface area contributed by atoms with Gasteiger partial charge in [-0.05, 0) is 96.3 Å². The van der Waals surface area contributed by atoms with Crippen LogP contribution >= 0.6 is 0 Å². The van der Waals surface area contributed by atoms with Gasteiger partial charge in [0.1, 0.15) is 13.2 Å².